The lowest BCUT2D eigenvalue weighted by molar-refractivity contribution is 0.587. The van der Waals surface area contributed by atoms with E-state index in [2.05, 4.69) is 29.1 Å². The van der Waals surface area contributed by atoms with E-state index in [1.165, 1.54) is 0 Å². The highest BCUT2D eigenvalue weighted by Crippen LogP contribution is 1.99. The van der Waals surface area contributed by atoms with Gasteiger partial charge in [-0.1, -0.05) is 13.8 Å². The molecular weight excluding hydrogens is 176 g/mol. The molecule has 0 saturated heterocycles. The van der Waals surface area contributed by atoms with Crippen molar-refractivity contribution in [3.05, 3.63) is 18.5 Å². The second kappa shape index (κ2) is 5.54. The number of hydrogen-bond acceptors (Lipinski definition) is 4. The summed E-state index contributed by atoms with van der Waals surface area (Å²) >= 11 is 0. The van der Waals surface area contributed by atoms with Gasteiger partial charge in [0.1, 0.15) is 0 Å². The lowest BCUT2D eigenvalue weighted by atomic mass is 10.4. The van der Waals surface area contributed by atoms with Crippen molar-refractivity contribution in [2.24, 2.45) is 0 Å². The summed E-state index contributed by atoms with van der Waals surface area (Å²) in [5.41, 5.74) is 0. The summed E-state index contributed by atoms with van der Waals surface area (Å²) in [5, 5.41) is 3.35. The van der Waals surface area contributed by atoms with E-state index >= 15 is 0 Å². The van der Waals surface area contributed by atoms with Gasteiger partial charge in [-0.3, -0.25) is 0 Å². The minimum absolute atomic E-state index is 0.528. The van der Waals surface area contributed by atoms with E-state index in [-0.39, 0.29) is 0 Å². The predicted octanol–water partition coefficient (Wildman–Crippen LogP) is 0.911. The standard InChI is InChI=1S/C10H18N4/c1-9(2)11-7-8-14(3)10-12-5-4-6-13-10/h4-6,9,11H,7-8H2,1-3H3. The van der Waals surface area contributed by atoms with Crippen LogP contribution < -0.4 is 10.2 Å². The summed E-state index contributed by atoms with van der Waals surface area (Å²) in [7, 11) is 2.00. The zero-order valence-electron chi connectivity index (χ0n) is 9.07. The van der Waals surface area contributed by atoms with Crippen molar-refractivity contribution in [3.63, 3.8) is 0 Å². The summed E-state index contributed by atoms with van der Waals surface area (Å²) < 4.78 is 0. The van der Waals surface area contributed by atoms with Crippen LogP contribution in [0.4, 0.5) is 5.95 Å². The summed E-state index contributed by atoms with van der Waals surface area (Å²) in [6.07, 6.45) is 3.52. The van der Waals surface area contributed by atoms with Crippen molar-refractivity contribution in [1.82, 2.24) is 15.3 Å². The Morgan fingerprint density at radius 3 is 2.57 bits per heavy atom. The van der Waals surface area contributed by atoms with Gasteiger partial charge >= 0.3 is 0 Å². The van der Waals surface area contributed by atoms with Crippen LogP contribution in [0.15, 0.2) is 18.5 Å². The van der Waals surface area contributed by atoms with E-state index < -0.39 is 0 Å². The van der Waals surface area contributed by atoms with Crippen LogP contribution in [-0.2, 0) is 0 Å². The molecule has 0 saturated carbocycles. The van der Waals surface area contributed by atoms with Crippen LogP contribution in [0.3, 0.4) is 0 Å². The Hall–Kier alpha value is -1.16. The maximum absolute atomic E-state index is 4.16. The first kappa shape index (κ1) is 10.9. The molecule has 0 radical (unpaired) electrons. The summed E-state index contributed by atoms with van der Waals surface area (Å²) in [6.45, 7) is 6.15. The Balaban J connectivity index is 2.32. The van der Waals surface area contributed by atoms with Gasteiger partial charge in [-0.2, -0.15) is 0 Å². The van der Waals surface area contributed by atoms with Gasteiger partial charge in [0, 0.05) is 38.6 Å². The Labute approximate surface area is 85.4 Å². The topological polar surface area (TPSA) is 41.0 Å². The average Bonchev–Trinajstić information content (AvgIpc) is 2.18. The molecule has 1 heterocycles. The van der Waals surface area contributed by atoms with Gasteiger partial charge in [-0.05, 0) is 6.07 Å². The van der Waals surface area contributed by atoms with Gasteiger partial charge in [-0.25, -0.2) is 9.97 Å². The summed E-state index contributed by atoms with van der Waals surface area (Å²) in [5.74, 6) is 0.776. The minimum atomic E-state index is 0.528. The van der Waals surface area contributed by atoms with Crippen LogP contribution in [0.2, 0.25) is 0 Å². The second-order valence-electron chi connectivity index (χ2n) is 3.58. The molecule has 0 atom stereocenters. The highest BCUT2D eigenvalue weighted by molar-refractivity contribution is 5.26. The number of rotatable bonds is 5. The molecule has 1 rings (SSSR count). The Morgan fingerprint density at radius 1 is 1.36 bits per heavy atom. The second-order valence-corrected chi connectivity index (χ2v) is 3.58. The number of anilines is 1. The Kier molecular flexibility index (Phi) is 4.32. The summed E-state index contributed by atoms with van der Waals surface area (Å²) in [4.78, 5) is 10.4. The molecule has 1 aromatic rings. The largest absolute Gasteiger partial charge is 0.343 e. The van der Waals surface area contributed by atoms with Crippen molar-refractivity contribution in [2.45, 2.75) is 19.9 Å². The third-order valence-electron chi connectivity index (χ3n) is 1.89. The van der Waals surface area contributed by atoms with Gasteiger partial charge in [0.15, 0.2) is 0 Å². The van der Waals surface area contributed by atoms with Crippen molar-refractivity contribution in [3.8, 4) is 0 Å². The Morgan fingerprint density at radius 2 is 2.00 bits per heavy atom. The highest BCUT2D eigenvalue weighted by Gasteiger charge is 2.01. The molecule has 0 fully saturated rings. The van der Waals surface area contributed by atoms with Crippen LogP contribution in [-0.4, -0.2) is 36.1 Å². The molecule has 0 spiro atoms. The minimum Gasteiger partial charge on any atom is -0.343 e. The molecule has 1 N–H and O–H groups in total. The van der Waals surface area contributed by atoms with Crippen LogP contribution >= 0.6 is 0 Å². The third-order valence-corrected chi connectivity index (χ3v) is 1.89. The van der Waals surface area contributed by atoms with E-state index in [4.69, 9.17) is 0 Å². The Bertz CT molecular complexity index is 248. The molecule has 0 unspecified atom stereocenters. The molecule has 4 heteroatoms. The lowest BCUT2D eigenvalue weighted by Crippen LogP contribution is -2.33. The molecule has 0 bridgehead atoms. The molecule has 0 aromatic carbocycles. The smallest absolute Gasteiger partial charge is 0.225 e. The first-order valence-corrected chi connectivity index (χ1v) is 4.91. The van der Waals surface area contributed by atoms with Gasteiger partial charge in [0.25, 0.3) is 0 Å². The maximum Gasteiger partial charge on any atom is 0.225 e. The average molecular weight is 194 g/mol. The van der Waals surface area contributed by atoms with Crippen molar-refractivity contribution >= 4 is 5.95 Å². The molecule has 14 heavy (non-hydrogen) atoms. The normalized spacial score (nSPS) is 10.6. The maximum atomic E-state index is 4.16. The fourth-order valence-electron chi connectivity index (χ4n) is 1.11. The number of likely N-dealkylation sites (N-methyl/N-ethyl adjacent to an activating group) is 1. The van der Waals surface area contributed by atoms with Gasteiger partial charge in [0.05, 0.1) is 0 Å². The molecular formula is C10H18N4. The van der Waals surface area contributed by atoms with Gasteiger partial charge < -0.3 is 10.2 Å². The fourth-order valence-corrected chi connectivity index (χ4v) is 1.11. The molecule has 4 nitrogen and oxygen atoms in total. The van der Waals surface area contributed by atoms with Crippen LogP contribution in [0.1, 0.15) is 13.8 Å². The zero-order valence-corrected chi connectivity index (χ0v) is 9.07. The fraction of sp³-hybridized carbons (Fsp3) is 0.600. The van der Waals surface area contributed by atoms with Gasteiger partial charge in [0.2, 0.25) is 5.95 Å². The number of nitrogens with zero attached hydrogens (tertiary/aromatic N) is 3. The summed E-state index contributed by atoms with van der Waals surface area (Å²) in [6, 6.07) is 2.35. The lowest BCUT2D eigenvalue weighted by Gasteiger charge is -2.17. The first-order chi connectivity index (χ1) is 6.70. The van der Waals surface area contributed by atoms with Crippen LogP contribution in [0, 0.1) is 0 Å². The van der Waals surface area contributed by atoms with Crippen molar-refractivity contribution in [1.29, 1.82) is 0 Å². The van der Waals surface area contributed by atoms with E-state index in [1.807, 2.05) is 18.0 Å². The monoisotopic (exact) mass is 194 g/mol. The predicted molar refractivity (Wildman–Crippen MR) is 58.4 cm³/mol. The molecule has 0 amide bonds. The molecule has 1 aromatic heterocycles. The number of nitrogens with one attached hydrogen (secondary N) is 1. The third kappa shape index (κ3) is 3.70. The zero-order chi connectivity index (χ0) is 10.4. The quantitative estimate of drug-likeness (QED) is 0.756. The molecule has 0 aliphatic heterocycles. The van der Waals surface area contributed by atoms with Gasteiger partial charge in [-0.15, -0.1) is 0 Å². The van der Waals surface area contributed by atoms with E-state index in [9.17, 15) is 0 Å². The molecule has 78 valence electrons. The highest BCUT2D eigenvalue weighted by atomic mass is 15.2. The molecule has 0 aliphatic rings. The number of aromatic nitrogens is 2. The van der Waals surface area contributed by atoms with Crippen molar-refractivity contribution < 1.29 is 0 Å². The molecule has 0 aliphatic carbocycles. The van der Waals surface area contributed by atoms with E-state index in [0.29, 0.717) is 6.04 Å². The first-order valence-electron chi connectivity index (χ1n) is 4.91. The van der Waals surface area contributed by atoms with E-state index in [1.54, 1.807) is 12.4 Å². The van der Waals surface area contributed by atoms with Crippen LogP contribution in [0.25, 0.3) is 0 Å². The SMILES string of the molecule is CC(C)NCCN(C)c1ncccn1. The number of hydrogen-bond donors (Lipinski definition) is 1. The van der Waals surface area contributed by atoms with Crippen molar-refractivity contribution in [2.75, 3.05) is 25.0 Å². The van der Waals surface area contributed by atoms with E-state index in [0.717, 1.165) is 19.0 Å². The van der Waals surface area contributed by atoms with Crippen LogP contribution in [0.5, 0.6) is 0 Å².